The minimum Gasteiger partial charge on any atom is -0.489 e. The maximum atomic E-state index is 12.7. The molecule has 0 N–H and O–H groups in total. The molecule has 0 spiro atoms. The lowest BCUT2D eigenvalue weighted by molar-refractivity contribution is 0.254. The van der Waals surface area contributed by atoms with Gasteiger partial charge in [0, 0.05) is 35.9 Å². The van der Waals surface area contributed by atoms with Crippen molar-refractivity contribution in [3.05, 3.63) is 82.8 Å². The van der Waals surface area contributed by atoms with Gasteiger partial charge in [-0.2, -0.15) is 0 Å². The molecule has 1 aromatic carbocycles. The van der Waals surface area contributed by atoms with Crippen molar-refractivity contribution in [2.24, 2.45) is 0 Å². The second kappa shape index (κ2) is 9.81. The second-order valence-electron chi connectivity index (χ2n) is 8.63. The molecule has 0 aliphatic heterocycles. The van der Waals surface area contributed by atoms with Crippen LogP contribution in [0.15, 0.2) is 77.3 Å². The van der Waals surface area contributed by atoms with Crippen LogP contribution in [0.5, 0.6) is 11.6 Å². The molecule has 1 aliphatic rings. The van der Waals surface area contributed by atoms with Crippen molar-refractivity contribution >= 4 is 22.5 Å². The summed E-state index contributed by atoms with van der Waals surface area (Å²) in [4.78, 5) is 19.0. The average molecular weight is 466 g/mol. The van der Waals surface area contributed by atoms with E-state index in [1.54, 1.807) is 16.8 Å². The smallest absolute Gasteiger partial charge is 0.258 e. The van der Waals surface area contributed by atoms with Gasteiger partial charge in [0.25, 0.3) is 5.56 Å². The molecule has 33 heavy (non-hydrogen) atoms. The number of benzene rings is 1. The summed E-state index contributed by atoms with van der Waals surface area (Å²) in [6, 6.07) is 12.8. The van der Waals surface area contributed by atoms with Crippen LogP contribution in [0.25, 0.3) is 16.6 Å². The average Bonchev–Trinajstić information content (AvgIpc) is 2.78. The van der Waals surface area contributed by atoms with Gasteiger partial charge in [0.05, 0.1) is 10.4 Å². The largest absolute Gasteiger partial charge is 0.489 e. The van der Waals surface area contributed by atoms with E-state index in [0.29, 0.717) is 24.8 Å². The third kappa shape index (κ3) is 6.03. The van der Waals surface area contributed by atoms with Crippen LogP contribution in [0.3, 0.4) is 0 Å². The molecule has 172 valence electrons. The molecule has 1 aliphatic carbocycles. The van der Waals surface area contributed by atoms with E-state index in [0.717, 1.165) is 35.1 Å². The number of fused-ring (bicyclic) bond motifs is 1. The van der Waals surface area contributed by atoms with Gasteiger partial charge in [-0.25, -0.2) is 4.98 Å². The summed E-state index contributed by atoms with van der Waals surface area (Å²) in [7, 11) is 4.00. The van der Waals surface area contributed by atoms with Gasteiger partial charge in [0.1, 0.15) is 19.0 Å². The first-order chi connectivity index (χ1) is 15.8. The molecule has 7 heteroatoms. The standard InChI is InChI=1S/C26H28ClN3O3/c1-26(27)11-8-19(9-12-26)18-33-22-10-13-30(25(31)17-22)21-5-6-23-20(16-21)4-7-24(28-23)32-15-14-29(2)3/h4-11,13,16-17H,12,14-15,18H2,1-3H3. The molecule has 3 aromatic rings. The van der Waals surface area contributed by atoms with Crippen molar-refractivity contribution in [1.82, 2.24) is 14.5 Å². The maximum Gasteiger partial charge on any atom is 0.258 e. The van der Waals surface area contributed by atoms with Gasteiger partial charge >= 0.3 is 0 Å². The Balaban J connectivity index is 1.45. The van der Waals surface area contributed by atoms with Gasteiger partial charge in [-0.1, -0.05) is 18.2 Å². The maximum absolute atomic E-state index is 12.7. The second-order valence-corrected chi connectivity index (χ2v) is 9.50. The molecule has 1 atom stereocenters. The van der Waals surface area contributed by atoms with Crippen molar-refractivity contribution < 1.29 is 9.47 Å². The van der Waals surface area contributed by atoms with Crippen molar-refractivity contribution in [3.63, 3.8) is 0 Å². The number of nitrogens with zero attached hydrogens (tertiary/aromatic N) is 3. The van der Waals surface area contributed by atoms with Crippen molar-refractivity contribution in [3.8, 4) is 17.3 Å². The first-order valence-corrected chi connectivity index (χ1v) is 11.3. The molecule has 4 rings (SSSR count). The first kappa shape index (κ1) is 23.1. The highest BCUT2D eigenvalue weighted by Gasteiger charge is 2.18. The Morgan fingerprint density at radius 2 is 2.00 bits per heavy atom. The highest BCUT2D eigenvalue weighted by atomic mass is 35.5. The summed E-state index contributed by atoms with van der Waals surface area (Å²) in [6.07, 6.45) is 8.49. The van der Waals surface area contributed by atoms with Gasteiger partial charge in [-0.05, 0) is 63.3 Å². The van der Waals surface area contributed by atoms with Crippen LogP contribution in [-0.4, -0.2) is 53.2 Å². The third-order valence-corrected chi connectivity index (χ3v) is 5.70. The number of pyridine rings is 2. The minimum atomic E-state index is -0.333. The van der Waals surface area contributed by atoms with E-state index in [9.17, 15) is 4.79 Å². The van der Waals surface area contributed by atoms with Crippen LogP contribution in [0.1, 0.15) is 13.3 Å². The predicted octanol–water partition coefficient (Wildman–Crippen LogP) is 4.59. The lowest BCUT2D eigenvalue weighted by atomic mass is 9.98. The topological polar surface area (TPSA) is 56.6 Å². The van der Waals surface area contributed by atoms with E-state index in [4.69, 9.17) is 21.1 Å². The Morgan fingerprint density at radius 1 is 1.15 bits per heavy atom. The van der Waals surface area contributed by atoms with Crippen LogP contribution in [0, 0.1) is 0 Å². The number of aromatic nitrogens is 2. The Labute approximate surface area is 198 Å². The fourth-order valence-electron chi connectivity index (χ4n) is 3.44. The molecule has 2 aromatic heterocycles. The number of likely N-dealkylation sites (N-methyl/N-ethyl adjacent to an activating group) is 1. The molecule has 2 heterocycles. The van der Waals surface area contributed by atoms with Gasteiger partial charge < -0.3 is 14.4 Å². The number of hydrogen-bond acceptors (Lipinski definition) is 5. The van der Waals surface area contributed by atoms with Gasteiger partial charge in [-0.15, -0.1) is 11.6 Å². The molecular formula is C26H28ClN3O3. The molecular weight excluding hydrogens is 438 g/mol. The number of hydrogen-bond donors (Lipinski definition) is 0. The molecule has 0 radical (unpaired) electrons. The van der Waals surface area contributed by atoms with Crippen LogP contribution >= 0.6 is 11.6 Å². The quantitative estimate of drug-likeness (QED) is 0.455. The lowest BCUT2D eigenvalue weighted by Gasteiger charge is -2.20. The Morgan fingerprint density at radius 3 is 2.73 bits per heavy atom. The van der Waals surface area contributed by atoms with Crippen LogP contribution < -0.4 is 15.0 Å². The lowest BCUT2D eigenvalue weighted by Crippen LogP contribution is -2.19. The number of alkyl halides is 1. The zero-order valence-corrected chi connectivity index (χ0v) is 19.9. The predicted molar refractivity (Wildman–Crippen MR) is 133 cm³/mol. The summed E-state index contributed by atoms with van der Waals surface area (Å²) >= 11 is 6.30. The zero-order valence-electron chi connectivity index (χ0n) is 19.1. The molecule has 0 fully saturated rings. The summed E-state index contributed by atoms with van der Waals surface area (Å²) < 4.78 is 13.1. The number of halogens is 1. The molecule has 0 bridgehead atoms. The van der Waals surface area contributed by atoms with Crippen LogP contribution in [-0.2, 0) is 0 Å². The van der Waals surface area contributed by atoms with Crippen molar-refractivity contribution in [1.29, 1.82) is 0 Å². The molecule has 0 amide bonds. The third-order valence-electron chi connectivity index (χ3n) is 5.42. The van der Waals surface area contributed by atoms with Crippen molar-refractivity contribution in [2.45, 2.75) is 18.2 Å². The Bertz CT molecular complexity index is 1260. The van der Waals surface area contributed by atoms with E-state index in [2.05, 4.69) is 16.0 Å². The number of ether oxygens (including phenoxy) is 2. The van der Waals surface area contributed by atoms with E-state index in [-0.39, 0.29) is 10.4 Å². The van der Waals surface area contributed by atoms with E-state index in [1.165, 1.54) is 6.07 Å². The van der Waals surface area contributed by atoms with E-state index in [1.807, 2.05) is 63.5 Å². The van der Waals surface area contributed by atoms with Gasteiger partial charge in [0.15, 0.2) is 0 Å². The summed E-state index contributed by atoms with van der Waals surface area (Å²) in [5.41, 5.74) is 2.46. The monoisotopic (exact) mass is 465 g/mol. The fraction of sp³-hybridized carbons (Fsp3) is 0.308. The minimum absolute atomic E-state index is 0.162. The van der Waals surface area contributed by atoms with Crippen LogP contribution in [0.2, 0.25) is 0 Å². The Kier molecular flexibility index (Phi) is 6.86. The first-order valence-electron chi connectivity index (χ1n) is 10.9. The Hall–Kier alpha value is -3.09. The molecule has 6 nitrogen and oxygen atoms in total. The fourth-order valence-corrected chi connectivity index (χ4v) is 3.58. The summed E-state index contributed by atoms with van der Waals surface area (Å²) in [5.74, 6) is 1.13. The molecule has 0 saturated heterocycles. The summed E-state index contributed by atoms with van der Waals surface area (Å²) in [6.45, 7) is 3.77. The van der Waals surface area contributed by atoms with Gasteiger partial charge in [0.2, 0.25) is 5.88 Å². The molecule has 0 saturated carbocycles. The van der Waals surface area contributed by atoms with E-state index >= 15 is 0 Å². The van der Waals surface area contributed by atoms with E-state index < -0.39 is 0 Å². The zero-order chi connectivity index (χ0) is 23.4. The summed E-state index contributed by atoms with van der Waals surface area (Å²) in [5, 5.41) is 0.932. The highest BCUT2D eigenvalue weighted by Crippen LogP contribution is 2.27. The number of allylic oxidation sites excluding steroid dienone is 2. The SMILES string of the molecule is CN(C)CCOc1ccc2cc(-n3ccc(OCC4=CCC(C)(Cl)C=C4)cc3=O)ccc2n1. The highest BCUT2D eigenvalue weighted by molar-refractivity contribution is 6.25. The van der Waals surface area contributed by atoms with Gasteiger partial charge in [-0.3, -0.25) is 9.36 Å². The van der Waals surface area contributed by atoms with Crippen molar-refractivity contribution in [2.75, 3.05) is 33.9 Å². The number of rotatable bonds is 8. The van der Waals surface area contributed by atoms with Crippen LogP contribution in [0.4, 0.5) is 0 Å². The molecule has 1 unspecified atom stereocenters. The normalized spacial score (nSPS) is 17.9.